The predicted octanol–water partition coefficient (Wildman–Crippen LogP) is 1.95. The summed E-state index contributed by atoms with van der Waals surface area (Å²) in [4.78, 5) is 0. The monoisotopic (exact) mass is 194 g/mol. The van der Waals surface area contributed by atoms with Crippen molar-refractivity contribution in [1.82, 2.24) is 0 Å². The molecule has 3 heteroatoms. The number of hydrazine groups is 1. The molecule has 0 spiro atoms. The van der Waals surface area contributed by atoms with E-state index in [0.29, 0.717) is 5.88 Å². The van der Waals surface area contributed by atoms with Gasteiger partial charge in [0.2, 0.25) is 0 Å². The summed E-state index contributed by atoms with van der Waals surface area (Å²) < 4.78 is 0. The maximum Gasteiger partial charge on any atom is 0.0485 e. The fourth-order valence-electron chi connectivity index (χ4n) is 0.862. The lowest BCUT2D eigenvalue weighted by atomic mass is 10.2. The zero-order chi connectivity index (χ0) is 9.52. The molecular weight excluding hydrogens is 184 g/mol. The second kappa shape index (κ2) is 5.47. The highest BCUT2D eigenvalue weighted by Gasteiger charge is 1.87. The summed E-state index contributed by atoms with van der Waals surface area (Å²) in [6.07, 6.45) is 0.721. The molecule has 0 aliphatic carbocycles. The van der Waals surface area contributed by atoms with E-state index in [4.69, 9.17) is 17.4 Å². The van der Waals surface area contributed by atoms with Gasteiger partial charge in [-0.25, -0.2) is 0 Å². The normalized spacial score (nSPS) is 8.77. The molecule has 1 aromatic rings. The van der Waals surface area contributed by atoms with Crippen LogP contribution >= 0.6 is 11.6 Å². The van der Waals surface area contributed by atoms with Gasteiger partial charge in [-0.1, -0.05) is 11.8 Å². The molecule has 0 bridgehead atoms. The van der Waals surface area contributed by atoms with E-state index in [0.717, 1.165) is 17.7 Å². The molecule has 0 saturated carbocycles. The summed E-state index contributed by atoms with van der Waals surface area (Å²) >= 11 is 5.49. The molecule has 2 nitrogen and oxygen atoms in total. The van der Waals surface area contributed by atoms with Crippen molar-refractivity contribution in [1.29, 1.82) is 0 Å². The number of hydrogen-bond donors (Lipinski definition) is 2. The van der Waals surface area contributed by atoms with Crippen LogP contribution in [0.5, 0.6) is 0 Å². The van der Waals surface area contributed by atoms with Crippen molar-refractivity contribution in [2.45, 2.75) is 6.42 Å². The molecule has 68 valence electrons. The number of nitrogens with two attached hydrogens (primary N) is 1. The minimum absolute atomic E-state index is 0.579. The second-order valence-corrected chi connectivity index (χ2v) is 2.84. The lowest BCUT2D eigenvalue weighted by Gasteiger charge is -1.97. The van der Waals surface area contributed by atoms with Crippen LogP contribution in [-0.4, -0.2) is 5.88 Å². The topological polar surface area (TPSA) is 38.0 Å². The summed E-state index contributed by atoms with van der Waals surface area (Å²) in [6, 6.07) is 7.59. The van der Waals surface area contributed by atoms with Gasteiger partial charge in [0, 0.05) is 23.6 Å². The van der Waals surface area contributed by atoms with Crippen LogP contribution in [0, 0.1) is 11.8 Å². The molecule has 0 fully saturated rings. The number of halogens is 1. The minimum atomic E-state index is 0.579. The first-order valence-electron chi connectivity index (χ1n) is 3.98. The number of nitrogens with one attached hydrogen (secondary N) is 1. The van der Waals surface area contributed by atoms with Gasteiger partial charge in [-0.15, -0.1) is 11.6 Å². The van der Waals surface area contributed by atoms with E-state index >= 15 is 0 Å². The molecule has 13 heavy (non-hydrogen) atoms. The van der Waals surface area contributed by atoms with E-state index in [2.05, 4.69) is 17.3 Å². The van der Waals surface area contributed by atoms with Gasteiger partial charge < -0.3 is 5.43 Å². The lowest BCUT2D eigenvalue weighted by molar-refractivity contribution is 1.29. The molecule has 0 unspecified atom stereocenters. The Morgan fingerprint density at radius 3 is 2.54 bits per heavy atom. The molecular formula is C10H11ClN2. The van der Waals surface area contributed by atoms with Gasteiger partial charge >= 0.3 is 0 Å². The highest BCUT2D eigenvalue weighted by Crippen LogP contribution is 2.06. The first kappa shape index (κ1) is 9.91. The van der Waals surface area contributed by atoms with Gasteiger partial charge in [0.1, 0.15) is 0 Å². The number of anilines is 1. The van der Waals surface area contributed by atoms with Gasteiger partial charge in [0.15, 0.2) is 0 Å². The lowest BCUT2D eigenvalue weighted by Crippen LogP contribution is -2.05. The molecule has 0 radical (unpaired) electrons. The third-order valence-corrected chi connectivity index (χ3v) is 1.69. The van der Waals surface area contributed by atoms with Crippen LogP contribution < -0.4 is 11.3 Å². The van der Waals surface area contributed by atoms with Gasteiger partial charge in [-0.2, -0.15) is 0 Å². The van der Waals surface area contributed by atoms with E-state index in [1.807, 2.05) is 24.3 Å². The highest BCUT2D eigenvalue weighted by molar-refractivity contribution is 6.18. The summed E-state index contributed by atoms with van der Waals surface area (Å²) in [5.41, 5.74) is 4.41. The summed E-state index contributed by atoms with van der Waals surface area (Å²) in [5.74, 6) is 11.7. The number of alkyl halides is 1. The maximum absolute atomic E-state index is 5.49. The third-order valence-electron chi connectivity index (χ3n) is 1.50. The number of benzene rings is 1. The Morgan fingerprint density at radius 1 is 1.31 bits per heavy atom. The van der Waals surface area contributed by atoms with Gasteiger partial charge in [0.25, 0.3) is 0 Å². The number of hydrogen-bond acceptors (Lipinski definition) is 2. The van der Waals surface area contributed by atoms with Crippen LogP contribution in [0.25, 0.3) is 0 Å². The molecule has 0 amide bonds. The van der Waals surface area contributed by atoms with E-state index < -0.39 is 0 Å². The van der Waals surface area contributed by atoms with Gasteiger partial charge in [0.05, 0.1) is 0 Å². The predicted molar refractivity (Wildman–Crippen MR) is 56.5 cm³/mol. The Labute approximate surface area is 83.1 Å². The van der Waals surface area contributed by atoms with Crippen molar-refractivity contribution in [2.24, 2.45) is 5.84 Å². The second-order valence-electron chi connectivity index (χ2n) is 2.46. The Hall–Kier alpha value is -1.17. The average molecular weight is 195 g/mol. The number of rotatable bonds is 2. The summed E-state index contributed by atoms with van der Waals surface area (Å²) in [6.45, 7) is 0. The van der Waals surface area contributed by atoms with Crippen LogP contribution in [0.4, 0.5) is 5.69 Å². The summed E-state index contributed by atoms with van der Waals surface area (Å²) in [7, 11) is 0. The number of nitrogen functional groups attached to an aromatic ring is 1. The van der Waals surface area contributed by atoms with Crippen LogP contribution in [0.2, 0.25) is 0 Å². The molecule has 3 N–H and O–H groups in total. The smallest absolute Gasteiger partial charge is 0.0485 e. The standard InChI is InChI=1S/C10H11ClN2/c11-8-2-1-3-9-4-6-10(13-12)7-5-9/h4-7,13H,2,8,12H2. The van der Waals surface area contributed by atoms with Gasteiger partial charge in [-0.05, 0) is 24.3 Å². The Morgan fingerprint density at radius 2 is 2.00 bits per heavy atom. The Kier molecular flexibility index (Phi) is 4.17. The molecule has 0 aromatic heterocycles. The maximum atomic E-state index is 5.49. The zero-order valence-electron chi connectivity index (χ0n) is 7.18. The summed E-state index contributed by atoms with van der Waals surface area (Å²) in [5, 5.41) is 0. The average Bonchev–Trinajstić information content (AvgIpc) is 2.19. The molecule has 1 aromatic carbocycles. The van der Waals surface area contributed by atoms with Gasteiger partial charge in [-0.3, -0.25) is 5.84 Å². The van der Waals surface area contributed by atoms with Crippen molar-refractivity contribution >= 4 is 17.3 Å². The fourth-order valence-corrected chi connectivity index (χ4v) is 0.956. The van der Waals surface area contributed by atoms with Crippen molar-refractivity contribution in [3.05, 3.63) is 29.8 Å². The van der Waals surface area contributed by atoms with Crippen LogP contribution in [0.15, 0.2) is 24.3 Å². The molecule has 0 aliphatic heterocycles. The van der Waals surface area contributed by atoms with E-state index in [-0.39, 0.29) is 0 Å². The SMILES string of the molecule is NNc1ccc(C#CCCCl)cc1. The molecule has 0 heterocycles. The van der Waals surface area contributed by atoms with Crippen LogP contribution in [-0.2, 0) is 0 Å². The molecule has 0 saturated heterocycles. The molecule has 1 rings (SSSR count). The van der Waals surface area contributed by atoms with Crippen LogP contribution in [0.1, 0.15) is 12.0 Å². The molecule has 0 aliphatic rings. The highest BCUT2D eigenvalue weighted by atomic mass is 35.5. The van der Waals surface area contributed by atoms with Crippen molar-refractivity contribution in [3.8, 4) is 11.8 Å². The van der Waals surface area contributed by atoms with E-state index in [9.17, 15) is 0 Å². The van der Waals surface area contributed by atoms with E-state index in [1.54, 1.807) is 0 Å². The fraction of sp³-hybridized carbons (Fsp3) is 0.200. The van der Waals surface area contributed by atoms with Crippen molar-refractivity contribution < 1.29 is 0 Å². The zero-order valence-corrected chi connectivity index (χ0v) is 7.93. The minimum Gasteiger partial charge on any atom is -0.324 e. The Balaban J connectivity index is 2.65. The first-order chi connectivity index (χ1) is 6.36. The van der Waals surface area contributed by atoms with Crippen molar-refractivity contribution in [2.75, 3.05) is 11.3 Å². The Bertz CT molecular complexity index is 308. The quantitative estimate of drug-likeness (QED) is 0.327. The largest absolute Gasteiger partial charge is 0.324 e. The van der Waals surface area contributed by atoms with E-state index in [1.165, 1.54) is 0 Å². The third kappa shape index (κ3) is 3.37. The van der Waals surface area contributed by atoms with Crippen molar-refractivity contribution in [3.63, 3.8) is 0 Å². The molecule has 0 atom stereocenters. The first-order valence-corrected chi connectivity index (χ1v) is 4.52. The van der Waals surface area contributed by atoms with Crippen LogP contribution in [0.3, 0.4) is 0 Å².